The molecule has 0 radical (unpaired) electrons. The molecule has 0 unspecified atom stereocenters. The van der Waals surface area contributed by atoms with Crippen molar-refractivity contribution in [2.75, 3.05) is 10.6 Å². The van der Waals surface area contributed by atoms with Crippen molar-refractivity contribution in [3.05, 3.63) is 59.1 Å². The molecule has 0 aliphatic heterocycles. The lowest BCUT2D eigenvalue weighted by Crippen LogP contribution is -2.17. The van der Waals surface area contributed by atoms with Gasteiger partial charge in [-0.25, -0.2) is 4.39 Å². The predicted molar refractivity (Wildman–Crippen MR) is 94.6 cm³/mol. The number of carbonyl (C=O) groups excluding carboxylic acids is 2. The molecule has 2 amide bonds. The van der Waals surface area contributed by atoms with Crippen molar-refractivity contribution in [1.29, 1.82) is 0 Å². The largest absolute Gasteiger partial charge is 0.448 e. The highest BCUT2D eigenvalue weighted by atomic mass is 19.4. The molecule has 0 spiro atoms. The van der Waals surface area contributed by atoms with E-state index in [1.54, 1.807) is 0 Å². The Morgan fingerprint density at radius 2 is 1.79 bits per heavy atom. The molecular formula is C19H14F4N2O3. The maximum Gasteiger partial charge on any atom is 0.418 e. The van der Waals surface area contributed by atoms with Gasteiger partial charge in [-0.3, -0.25) is 9.59 Å². The zero-order valence-corrected chi connectivity index (χ0v) is 14.7. The second-order valence-corrected chi connectivity index (χ2v) is 6.07. The summed E-state index contributed by atoms with van der Waals surface area (Å²) in [4.78, 5) is 23.6. The zero-order chi connectivity index (χ0) is 20.6. The fourth-order valence-corrected chi connectivity index (χ4v) is 2.77. The molecule has 0 aliphatic carbocycles. The average molecular weight is 394 g/mol. The molecular weight excluding hydrogens is 380 g/mol. The molecule has 0 fully saturated rings. The van der Waals surface area contributed by atoms with Crippen LogP contribution in [0.25, 0.3) is 11.0 Å². The first-order valence-corrected chi connectivity index (χ1v) is 8.05. The average Bonchev–Trinajstić information content (AvgIpc) is 2.93. The van der Waals surface area contributed by atoms with Crippen LogP contribution >= 0.6 is 0 Å². The second kappa shape index (κ2) is 6.99. The smallest absolute Gasteiger partial charge is 0.418 e. The highest BCUT2D eigenvalue weighted by Crippen LogP contribution is 2.37. The van der Waals surface area contributed by atoms with Gasteiger partial charge in [0.1, 0.15) is 0 Å². The van der Waals surface area contributed by atoms with Crippen molar-refractivity contribution in [1.82, 2.24) is 0 Å². The van der Waals surface area contributed by atoms with Crippen LogP contribution < -0.4 is 10.6 Å². The van der Waals surface area contributed by atoms with Crippen LogP contribution in [0.5, 0.6) is 0 Å². The van der Waals surface area contributed by atoms with Gasteiger partial charge in [0.05, 0.1) is 11.3 Å². The van der Waals surface area contributed by atoms with E-state index < -0.39 is 35.1 Å². The molecule has 0 bridgehead atoms. The van der Waals surface area contributed by atoms with E-state index in [2.05, 4.69) is 10.6 Å². The van der Waals surface area contributed by atoms with Crippen LogP contribution in [0, 0.1) is 12.7 Å². The molecule has 2 aromatic carbocycles. The van der Waals surface area contributed by atoms with Gasteiger partial charge in [-0.2, -0.15) is 13.2 Å². The van der Waals surface area contributed by atoms with Gasteiger partial charge in [0.25, 0.3) is 5.91 Å². The van der Waals surface area contributed by atoms with Crippen LogP contribution in [0.4, 0.5) is 28.9 Å². The number of carbonyl (C=O) groups is 2. The van der Waals surface area contributed by atoms with Gasteiger partial charge in [-0.15, -0.1) is 0 Å². The van der Waals surface area contributed by atoms with Gasteiger partial charge in [0.15, 0.2) is 17.2 Å². The van der Waals surface area contributed by atoms with Crippen molar-refractivity contribution in [3.8, 4) is 0 Å². The molecule has 0 saturated carbocycles. The fraction of sp³-hybridized carbons (Fsp3) is 0.158. The van der Waals surface area contributed by atoms with Crippen molar-refractivity contribution < 1.29 is 31.6 Å². The van der Waals surface area contributed by atoms with E-state index in [0.717, 1.165) is 19.1 Å². The Kier molecular flexibility index (Phi) is 4.84. The van der Waals surface area contributed by atoms with Crippen molar-refractivity contribution in [2.24, 2.45) is 0 Å². The quantitative estimate of drug-likeness (QED) is 0.607. The summed E-state index contributed by atoms with van der Waals surface area (Å²) in [6.07, 6.45) is -4.79. The van der Waals surface area contributed by atoms with Crippen molar-refractivity contribution >= 4 is 34.2 Å². The van der Waals surface area contributed by atoms with Crippen molar-refractivity contribution in [2.45, 2.75) is 20.0 Å². The minimum absolute atomic E-state index is 0.0696. The molecule has 0 aliphatic rings. The number of hydrogen-bond donors (Lipinski definition) is 2. The van der Waals surface area contributed by atoms with E-state index in [9.17, 15) is 27.2 Å². The minimum atomic E-state index is -4.79. The van der Waals surface area contributed by atoms with Crippen LogP contribution in [0.1, 0.15) is 28.6 Å². The Morgan fingerprint density at radius 1 is 1.07 bits per heavy atom. The van der Waals surface area contributed by atoms with E-state index >= 15 is 0 Å². The van der Waals surface area contributed by atoms with Crippen LogP contribution in [0.15, 0.2) is 40.8 Å². The third kappa shape index (κ3) is 3.68. The maximum atomic E-state index is 13.8. The lowest BCUT2D eigenvalue weighted by atomic mass is 10.1. The lowest BCUT2D eigenvalue weighted by molar-refractivity contribution is -0.137. The lowest BCUT2D eigenvalue weighted by Gasteiger charge is -2.15. The second-order valence-electron chi connectivity index (χ2n) is 6.07. The van der Waals surface area contributed by atoms with Gasteiger partial charge < -0.3 is 15.1 Å². The number of hydrogen-bond acceptors (Lipinski definition) is 3. The highest BCUT2D eigenvalue weighted by Gasteiger charge is 2.35. The van der Waals surface area contributed by atoms with Crippen LogP contribution in [0.3, 0.4) is 0 Å². The van der Waals surface area contributed by atoms with E-state index in [1.165, 1.54) is 25.1 Å². The number of amides is 2. The van der Waals surface area contributed by atoms with Gasteiger partial charge >= 0.3 is 6.18 Å². The van der Waals surface area contributed by atoms with Gasteiger partial charge in [-0.1, -0.05) is 12.1 Å². The van der Waals surface area contributed by atoms with E-state index in [0.29, 0.717) is 17.0 Å². The first kappa shape index (κ1) is 19.4. The van der Waals surface area contributed by atoms with Crippen LogP contribution in [-0.2, 0) is 11.0 Å². The summed E-state index contributed by atoms with van der Waals surface area (Å²) in [5.74, 6) is -2.47. The first-order chi connectivity index (χ1) is 13.1. The SMILES string of the molecule is CC(=O)Nc1ccc(NC(=O)c2oc3c(F)cccc3c2C)c(C(F)(F)F)c1. The molecule has 0 saturated heterocycles. The van der Waals surface area contributed by atoms with E-state index in [1.807, 2.05) is 0 Å². The molecule has 9 heteroatoms. The Balaban J connectivity index is 1.99. The Hall–Kier alpha value is -3.36. The van der Waals surface area contributed by atoms with E-state index in [4.69, 9.17) is 4.42 Å². The summed E-state index contributed by atoms with van der Waals surface area (Å²) in [5, 5.41) is 4.75. The standard InChI is InChI=1S/C19H14F4N2O3/c1-9-12-4-3-5-14(20)17(12)28-16(9)18(27)25-15-7-6-11(24-10(2)26)8-13(15)19(21,22)23/h3-8H,1-2H3,(H,24,26)(H,25,27). The summed E-state index contributed by atoms with van der Waals surface area (Å²) in [7, 11) is 0. The number of halogens is 4. The number of para-hydroxylation sites is 1. The predicted octanol–water partition coefficient (Wildman–Crippen LogP) is 5.11. The number of fused-ring (bicyclic) bond motifs is 1. The van der Waals surface area contributed by atoms with Crippen LogP contribution in [0.2, 0.25) is 0 Å². The molecule has 5 nitrogen and oxygen atoms in total. The molecule has 3 aromatic rings. The summed E-state index contributed by atoms with van der Waals surface area (Å²) >= 11 is 0. The normalized spacial score (nSPS) is 11.5. The molecule has 1 heterocycles. The highest BCUT2D eigenvalue weighted by molar-refractivity contribution is 6.07. The Bertz CT molecular complexity index is 1090. The molecule has 0 atom stereocenters. The first-order valence-electron chi connectivity index (χ1n) is 8.05. The summed E-state index contributed by atoms with van der Waals surface area (Å²) in [6.45, 7) is 2.66. The minimum Gasteiger partial charge on any atom is -0.448 e. The van der Waals surface area contributed by atoms with E-state index in [-0.39, 0.29) is 17.0 Å². The van der Waals surface area contributed by atoms with Crippen molar-refractivity contribution in [3.63, 3.8) is 0 Å². The maximum absolute atomic E-state index is 13.8. The number of alkyl halides is 3. The monoisotopic (exact) mass is 394 g/mol. The number of anilines is 2. The van der Waals surface area contributed by atoms with Gasteiger partial charge in [0.2, 0.25) is 5.91 Å². The molecule has 3 rings (SSSR count). The molecule has 2 N–H and O–H groups in total. The zero-order valence-electron chi connectivity index (χ0n) is 14.7. The summed E-state index contributed by atoms with van der Waals surface area (Å²) < 4.78 is 59.2. The number of benzene rings is 2. The topological polar surface area (TPSA) is 71.3 Å². The summed E-state index contributed by atoms with van der Waals surface area (Å²) in [6, 6.07) is 7.07. The van der Waals surface area contributed by atoms with Crippen LogP contribution in [-0.4, -0.2) is 11.8 Å². The molecule has 28 heavy (non-hydrogen) atoms. The fourth-order valence-electron chi connectivity index (χ4n) is 2.77. The third-order valence-electron chi connectivity index (χ3n) is 4.02. The number of nitrogens with one attached hydrogen (secondary N) is 2. The number of rotatable bonds is 3. The Labute approximate surface area is 156 Å². The third-order valence-corrected chi connectivity index (χ3v) is 4.02. The number of furan rings is 1. The molecule has 146 valence electrons. The Morgan fingerprint density at radius 3 is 2.39 bits per heavy atom. The van der Waals surface area contributed by atoms with Gasteiger partial charge in [0, 0.05) is 23.6 Å². The molecule has 1 aromatic heterocycles. The number of aryl methyl sites for hydroxylation is 1. The van der Waals surface area contributed by atoms with Gasteiger partial charge in [-0.05, 0) is 31.2 Å². The summed E-state index contributed by atoms with van der Waals surface area (Å²) in [5.41, 5.74) is -1.59.